The van der Waals surface area contributed by atoms with Crippen LogP contribution in [-0.4, -0.2) is 35.6 Å². The number of carbonyl (C=O) groups excluding carboxylic acids is 1. The number of rotatable bonds is 3. The van der Waals surface area contributed by atoms with E-state index in [-0.39, 0.29) is 18.6 Å². The van der Waals surface area contributed by atoms with E-state index in [1.807, 2.05) is 14.0 Å². The third-order valence-electron chi connectivity index (χ3n) is 5.29. The van der Waals surface area contributed by atoms with Crippen molar-refractivity contribution in [1.82, 2.24) is 4.90 Å². The van der Waals surface area contributed by atoms with Crippen LogP contribution in [0.5, 0.6) is 0 Å². The zero-order chi connectivity index (χ0) is 11.4. The van der Waals surface area contributed by atoms with E-state index >= 15 is 0 Å². The number of likely N-dealkylation sites (N-methyl/N-ethyl adjacent to an activating group) is 1. The first kappa shape index (κ1) is 10.6. The number of carbonyl (C=O) groups is 1. The SMILES string of the molecule is CC(CO)N(C)C(=O)C1C2C3CCC(C3)C12. The molecule has 3 aliphatic carbocycles. The lowest BCUT2D eigenvalue weighted by Gasteiger charge is -2.24. The number of hydrogen-bond donors (Lipinski definition) is 1. The number of amides is 1. The van der Waals surface area contributed by atoms with Crippen LogP contribution in [0.2, 0.25) is 0 Å². The highest BCUT2D eigenvalue weighted by Gasteiger charge is 2.67. The van der Waals surface area contributed by atoms with Gasteiger partial charge < -0.3 is 10.0 Å². The molecule has 5 atom stereocenters. The van der Waals surface area contributed by atoms with E-state index in [0.717, 1.165) is 11.8 Å². The molecule has 0 aromatic heterocycles. The molecule has 0 spiro atoms. The molecule has 16 heavy (non-hydrogen) atoms. The Bertz CT molecular complexity index is 301. The molecule has 0 saturated heterocycles. The Balaban J connectivity index is 1.66. The standard InChI is InChI=1S/C13H21NO2/c1-7(6-15)14(2)13(16)12-10-8-3-4-9(5-8)11(10)12/h7-12,15H,3-6H2,1-2H3. The second kappa shape index (κ2) is 3.46. The van der Waals surface area contributed by atoms with Crippen LogP contribution in [0.15, 0.2) is 0 Å². The average Bonchev–Trinajstić information content (AvgIpc) is 2.74. The van der Waals surface area contributed by atoms with E-state index in [1.165, 1.54) is 19.3 Å². The summed E-state index contributed by atoms with van der Waals surface area (Å²) in [5.41, 5.74) is 0. The maximum absolute atomic E-state index is 12.3. The lowest BCUT2D eigenvalue weighted by atomic mass is 10.0. The fourth-order valence-corrected chi connectivity index (χ4v) is 4.23. The minimum absolute atomic E-state index is 0.0357. The highest BCUT2D eigenvalue weighted by atomic mass is 16.3. The van der Waals surface area contributed by atoms with E-state index in [9.17, 15) is 4.79 Å². The van der Waals surface area contributed by atoms with Gasteiger partial charge in [-0.1, -0.05) is 0 Å². The molecule has 5 unspecified atom stereocenters. The van der Waals surface area contributed by atoms with Gasteiger partial charge in [-0.2, -0.15) is 0 Å². The summed E-state index contributed by atoms with van der Waals surface area (Å²) < 4.78 is 0. The minimum Gasteiger partial charge on any atom is -0.394 e. The zero-order valence-electron chi connectivity index (χ0n) is 10.1. The van der Waals surface area contributed by atoms with Crippen molar-refractivity contribution in [3.8, 4) is 0 Å². The van der Waals surface area contributed by atoms with E-state index in [2.05, 4.69) is 0 Å². The first-order valence-corrected chi connectivity index (χ1v) is 6.52. The van der Waals surface area contributed by atoms with Crippen LogP contribution in [0, 0.1) is 29.6 Å². The molecule has 1 amide bonds. The van der Waals surface area contributed by atoms with Gasteiger partial charge in [0.1, 0.15) is 0 Å². The van der Waals surface area contributed by atoms with E-state index in [4.69, 9.17) is 5.11 Å². The van der Waals surface area contributed by atoms with Crippen molar-refractivity contribution in [3.63, 3.8) is 0 Å². The zero-order valence-corrected chi connectivity index (χ0v) is 10.1. The average molecular weight is 223 g/mol. The number of hydrogen-bond acceptors (Lipinski definition) is 2. The molecule has 3 aliphatic rings. The molecule has 1 N–H and O–H groups in total. The summed E-state index contributed by atoms with van der Waals surface area (Å²) in [5.74, 6) is 3.71. The second-order valence-electron chi connectivity index (χ2n) is 5.99. The molecule has 0 heterocycles. The number of nitrogens with zero attached hydrogens (tertiary/aromatic N) is 1. The summed E-state index contributed by atoms with van der Waals surface area (Å²) in [6.45, 7) is 1.97. The first-order chi connectivity index (χ1) is 7.65. The van der Waals surface area contributed by atoms with Crippen LogP contribution >= 0.6 is 0 Å². The van der Waals surface area contributed by atoms with Gasteiger partial charge in [0.25, 0.3) is 0 Å². The summed E-state index contributed by atoms with van der Waals surface area (Å²) in [6.07, 6.45) is 4.10. The van der Waals surface area contributed by atoms with Crippen LogP contribution in [0.4, 0.5) is 0 Å². The Morgan fingerprint density at radius 3 is 2.44 bits per heavy atom. The van der Waals surface area contributed by atoms with Gasteiger partial charge in [0, 0.05) is 13.0 Å². The van der Waals surface area contributed by atoms with Gasteiger partial charge >= 0.3 is 0 Å². The Kier molecular flexibility index (Phi) is 2.29. The number of aliphatic hydroxyl groups excluding tert-OH is 1. The minimum atomic E-state index is -0.0357. The molecular formula is C13H21NO2. The molecule has 3 heteroatoms. The molecular weight excluding hydrogens is 202 g/mol. The topological polar surface area (TPSA) is 40.5 Å². The molecule has 3 nitrogen and oxygen atoms in total. The molecule has 3 rings (SSSR count). The molecule has 3 saturated carbocycles. The highest BCUT2D eigenvalue weighted by molar-refractivity contribution is 5.83. The Labute approximate surface area is 96.8 Å². The van der Waals surface area contributed by atoms with Gasteiger partial charge in [0.2, 0.25) is 5.91 Å². The van der Waals surface area contributed by atoms with E-state index < -0.39 is 0 Å². The fourth-order valence-electron chi connectivity index (χ4n) is 4.23. The lowest BCUT2D eigenvalue weighted by Crippen LogP contribution is -2.39. The molecule has 3 fully saturated rings. The van der Waals surface area contributed by atoms with Crippen molar-refractivity contribution >= 4 is 5.91 Å². The van der Waals surface area contributed by atoms with Crippen LogP contribution in [0.3, 0.4) is 0 Å². The van der Waals surface area contributed by atoms with Gasteiger partial charge in [0.15, 0.2) is 0 Å². The summed E-state index contributed by atoms with van der Waals surface area (Å²) >= 11 is 0. The maximum atomic E-state index is 12.3. The van der Waals surface area contributed by atoms with Crippen molar-refractivity contribution in [1.29, 1.82) is 0 Å². The van der Waals surface area contributed by atoms with Gasteiger partial charge in [-0.25, -0.2) is 0 Å². The Hall–Kier alpha value is -0.570. The predicted octanol–water partition coefficient (Wildman–Crippen LogP) is 1.12. The van der Waals surface area contributed by atoms with Crippen LogP contribution < -0.4 is 0 Å². The third-order valence-corrected chi connectivity index (χ3v) is 5.29. The predicted molar refractivity (Wildman–Crippen MR) is 60.6 cm³/mol. The van der Waals surface area contributed by atoms with Crippen LogP contribution in [-0.2, 0) is 4.79 Å². The molecule has 0 aromatic carbocycles. The van der Waals surface area contributed by atoms with Gasteiger partial charge in [0.05, 0.1) is 12.6 Å². The maximum Gasteiger partial charge on any atom is 0.226 e. The van der Waals surface area contributed by atoms with Gasteiger partial charge in [-0.05, 0) is 49.9 Å². The second-order valence-corrected chi connectivity index (χ2v) is 5.99. The molecule has 90 valence electrons. The van der Waals surface area contributed by atoms with E-state index in [1.54, 1.807) is 4.90 Å². The molecule has 0 aliphatic heterocycles. The van der Waals surface area contributed by atoms with Crippen molar-refractivity contribution in [2.75, 3.05) is 13.7 Å². The van der Waals surface area contributed by atoms with Crippen LogP contribution in [0.1, 0.15) is 26.2 Å². The van der Waals surface area contributed by atoms with Crippen molar-refractivity contribution < 1.29 is 9.90 Å². The van der Waals surface area contributed by atoms with Gasteiger partial charge in [-0.15, -0.1) is 0 Å². The molecule has 0 radical (unpaired) electrons. The summed E-state index contributed by atoms with van der Waals surface area (Å²) in [7, 11) is 1.83. The molecule has 0 aromatic rings. The quantitative estimate of drug-likeness (QED) is 0.779. The van der Waals surface area contributed by atoms with Crippen molar-refractivity contribution in [2.45, 2.75) is 32.2 Å². The third kappa shape index (κ3) is 1.27. The summed E-state index contributed by atoms with van der Waals surface area (Å²) in [4.78, 5) is 14.0. The van der Waals surface area contributed by atoms with E-state index in [0.29, 0.717) is 17.8 Å². The smallest absolute Gasteiger partial charge is 0.226 e. The van der Waals surface area contributed by atoms with Crippen molar-refractivity contribution in [3.05, 3.63) is 0 Å². The van der Waals surface area contributed by atoms with Crippen molar-refractivity contribution in [2.24, 2.45) is 29.6 Å². The number of fused-ring (bicyclic) bond motifs is 5. The first-order valence-electron chi connectivity index (χ1n) is 6.52. The normalized spacial score (nSPS) is 45.3. The van der Waals surface area contributed by atoms with Gasteiger partial charge in [-0.3, -0.25) is 4.79 Å². The Morgan fingerprint density at radius 1 is 1.38 bits per heavy atom. The summed E-state index contributed by atoms with van der Waals surface area (Å²) in [6, 6.07) is -0.0357. The van der Waals surface area contributed by atoms with Crippen LogP contribution in [0.25, 0.3) is 0 Å². The summed E-state index contributed by atoms with van der Waals surface area (Å²) in [5, 5.41) is 9.08. The number of aliphatic hydroxyl groups is 1. The Morgan fingerprint density at radius 2 is 1.94 bits per heavy atom. The lowest BCUT2D eigenvalue weighted by molar-refractivity contribution is -0.134. The molecule has 2 bridgehead atoms. The largest absolute Gasteiger partial charge is 0.394 e. The monoisotopic (exact) mass is 223 g/mol. The highest BCUT2D eigenvalue weighted by Crippen LogP contribution is 2.69. The fraction of sp³-hybridized carbons (Fsp3) is 0.923.